The first-order valence-electron chi connectivity index (χ1n) is 8.38. The zero-order valence-corrected chi connectivity index (χ0v) is 15.5. The van der Waals surface area contributed by atoms with E-state index in [1.807, 2.05) is 30.3 Å². The summed E-state index contributed by atoms with van der Waals surface area (Å²) in [5.74, 6) is -1.20. The van der Waals surface area contributed by atoms with Gasteiger partial charge in [-0.25, -0.2) is 13.6 Å². The number of carbonyl (C=O) groups is 1. The number of nitrogens with zero attached hydrogens (tertiary/aromatic N) is 2. The summed E-state index contributed by atoms with van der Waals surface area (Å²) in [6.07, 6.45) is 0.385. The molecule has 5 nitrogen and oxygen atoms in total. The van der Waals surface area contributed by atoms with E-state index in [-0.39, 0.29) is 10.6 Å². The molecule has 27 heavy (non-hydrogen) atoms. The van der Waals surface area contributed by atoms with E-state index in [0.29, 0.717) is 19.4 Å². The van der Waals surface area contributed by atoms with Crippen LogP contribution in [0, 0.1) is 11.6 Å². The number of hydrogen-bond acceptors (Lipinski definition) is 5. The van der Waals surface area contributed by atoms with Crippen LogP contribution in [-0.2, 0) is 9.61 Å². The van der Waals surface area contributed by atoms with Crippen LogP contribution in [0.1, 0.15) is 24.0 Å². The van der Waals surface area contributed by atoms with Crippen LogP contribution in [0.25, 0.3) is 0 Å². The monoisotopic (exact) mass is 391 g/mol. The van der Waals surface area contributed by atoms with E-state index in [1.165, 1.54) is 23.9 Å². The molecular formula is C19H19F2N3O2S. The number of hydrogen-bond donors (Lipinski definition) is 1. The van der Waals surface area contributed by atoms with E-state index in [0.717, 1.165) is 23.8 Å². The van der Waals surface area contributed by atoms with Crippen LogP contribution in [0.2, 0.25) is 0 Å². The lowest BCUT2D eigenvalue weighted by molar-refractivity contribution is 0.0958. The molecule has 8 heteroatoms. The van der Waals surface area contributed by atoms with Gasteiger partial charge >= 0.3 is 6.09 Å². The van der Waals surface area contributed by atoms with Crippen molar-refractivity contribution in [2.45, 2.75) is 17.7 Å². The number of rotatable bonds is 5. The van der Waals surface area contributed by atoms with Gasteiger partial charge in [0.25, 0.3) is 0 Å². The lowest BCUT2D eigenvalue weighted by Gasteiger charge is -2.34. The lowest BCUT2D eigenvalue weighted by atomic mass is 10.0. The maximum atomic E-state index is 14.3. The molecule has 1 heterocycles. The fourth-order valence-corrected chi connectivity index (χ4v) is 4.37. The summed E-state index contributed by atoms with van der Waals surface area (Å²) in [7, 11) is 1.25. The Labute approximate surface area is 160 Å². The predicted octanol–water partition coefficient (Wildman–Crippen LogP) is 4.03. The van der Waals surface area contributed by atoms with Crippen LogP contribution in [0.3, 0.4) is 0 Å². The maximum absolute atomic E-state index is 14.3. The van der Waals surface area contributed by atoms with E-state index in [9.17, 15) is 13.6 Å². The molecule has 0 aliphatic carbocycles. The number of benzene rings is 2. The Morgan fingerprint density at radius 2 is 2.00 bits per heavy atom. The Balaban J connectivity index is 2.12. The fourth-order valence-electron chi connectivity index (χ4n) is 2.96. The molecule has 0 bridgehead atoms. The molecule has 0 radical (unpaired) electrons. The molecule has 1 amide bonds. The first-order valence-corrected chi connectivity index (χ1v) is 9.20. The number of amides is 1. The molecule has 0 fully saturated rings. The smallest absolute Gasteiger partial charge is 0.431 e. The van der Waals surface area contributed by atoms with Gasteiger partial charge in [0.05, 0.1) is 7.11 Å². The summed E-state index contributed by atoms with van der Waals surface area (Å²) < 4.78 is 32.9. The Kier molecular flexibility index (Phi) is 5.76. The van der Waals surface area contributed by atoms with Crippen molar-refractivity contribution in [3.05, 3.63) is 71.3 Å². The van der Waals surface area contributed by atoms with Gasteiger partial charge in [-0.3, -0.25) is 0 Å². The first-order chi connectivity index (χ1) is 13.0. The second-order valence-electron chi connectivity index (χ2n) is 5.96. The fraction of sp³-hybridized carbons (Fsp3) is 0.263. The van der Waals surface area contributed by atoms with Gasteiger partial charge < -0.3 is 10.5 Å². The minimum atomic E-state index is -0.957. The van der Waals surface area contributed by atoms with Gasteiger partial charge in [0.15, 0.2) is 0 Å². The molecule has 1 aliphatic rings. The zero-order chi connectivity index (χ0) is 19.4. The summed E-state index contributed by atoms with van der Waals surface area (Å²) >= 11 is 1.19. The maximum Gasteiger partial charge on any atom is 0.431 e. The molecule has 0 saturated heterocycles. The van der Waals surface area contributed by atoms with Crippen LogP contribution in [-0.4, -0.2) is 29.8 Å². The highest BCUT2D eigenvalue weighted by Gasteiger charge is 2.49. The van der Waals surface area contributed by atoms with Crippen molar-refractivity contribution in [1.82, 2.24) is 5.01 Å². The van der Waals surface area contributed by atoms with Crippen LogP contribution in [0.15, 0.2) is 53.6 Å². The Hall–Kier alpha value is -2.45. The van der Waals surface area contributed by atoms with Crippen molar-refractivity contribution in [1.29, 1.82) is 0 Å². The summed E-state index contributed by atoms with van der Waals surface area (Å²) in [5, 5.41) is 5.71. The number of methoxy groups -OCH3 is 1. The minimum absolute atomic E-state index is 0.000502. The normalized spacial score (nSPS) is 19.1. The van der Waals surface area contributed by atoms with Crippen molar-refractivity contribution in [3.63, 3.8) is 0 Å². The first kappa shape index (κ1) is 19.3. The molecule has 1 atom stereocenters. The summed E-state index contributed by atoms with van der Waals surface area (Å²) in [6.45, 7) is 0.411. The molecule has 1 unspecified atom stereocenters. The van der Waals surface area contributed by atoms with Crippen LogP contribution < -0.4 is 5.73 Å². The Bertz CT molecular complexity index is 863. The van der Waals surface area contributed by atoms with E-state index < -0.39 is 22.6 Å². The van der Waals surface area contributed by atoms with E-state index in [2.05, 4.69) is 5.10 Å². The van der Waals surface area contributed by atoms with E-state index in [4.69, 9.17) is 10.5 Å². The number of thioether (sulfide) groups is 1. The highest BCUT2D eigenvalue weighted by Crippen LogP contribution is 2.50. The molecule has 2 N–H and O–H groups in total. The van der Waals surface area contributed by atoms with Gasteiger partial charge in [-0.05, 0) is 43.1 Å². The zero-order valence-electron chi connectivity index (χ0n) is 14.7. The SMILES string of the molecule is COC(=O)N1N=C(c2cc(F)ccc2F)SC1(CCCN)c1ccccc1. The van der Waals surface area contributed by atoms with Gasteiger partial charge in [-0.1, -0.05) is 42.1 Å². The highest BCUT2D eigenvalue weighted by atomic mass is 32.2. The van der Waals surface area contributed by atoms with Crippen molar-refractivity contribution < 1.29 is 18.3 Å². The molecule has 2 aromatic rings. The summed E-state index contributed by atoms with van der Waals surface area (Å²) in [6, 6.07) is 12.4. The van der Waals surface area contributed by atoms with E-state index >= 15 is 0 Å². The molecule has 0 saturated carbocycles. The second-order valence-corrected chi connectivity index (χ2v) is 7.22. The lowest BCUT2D eigenvalue weighted by Crippen LogP contribution is -2.41. The molecule has 1 aliphatic heterocycles. The van der Waals surface area contributed by atoms with Gasteiger partial charge in [0.2, 0.25) is 0 Å². The Morgan fingerprint density at radius 1 is 1.26 bits per heavy atom. The van der Waals surface area contributed by atoms with Crippen LogP contribution >= 0.6 is 11.8 Å². The van der Waals surface area contributed by atoms with Crippen molar-refractivity contribution >= 4 is 22.9 Å². The van der Waals surface area contributed by atoms with Crippen molar-refractivity contribution in [2.75, 3.05) is 13.7 Å². The highest BCUT2D eigenvalue weighted by molar-refractivity contribution is 8.15. The third kappa shape index (κ3) is 3.68. The number of nitrogens with two attached hydrogens (primary N) is 1. The number of halogens is 2. The Morgan fingerprint density at radius 3 is 2.67 bits per heavy atom. The van der Waals surface area contributed by atoms with Crippen molar-refractivity contribution in [3.8, 4) is 0 Å². The third-order valence-corrected chi connectivity index (χ3v) is 5.69. The topological polar surface area (TPSA) is 67.9 Å². The van der Waals surface area contributed by atoms with Gasteiger partial charge in [0, 0.05) is 5.56 Å². The second kappa shape index (κ2) is 8.06. The number of ether oxygens (including phenoxy) is 1. The van der Waals surface area contributed by atoms with E-state index in [1.54, 1.807) is 0 Å². The largest absolute Gasteiger partial charge is 0.451 e. The third-order valence-electron chi connectivity index (χ3n) is 4.25. The standard InChI is InChI=1S/C19H19F2N3O2S/c1-26-18(25)24-19(10-5-11-22,13-6-3-2-4-7-13)27-17(23-24)15-12-14(20)8-9-16(15)21/h2-4,6-9,12H,5,10-11,22H2,1H3. The minimum Gasteiger partial charge on any atom is -0.451 e. The average molecular weight is 391 g/mol. The van der Waals surface area contributed by atoms with Crippen LogP contribution in [0.5, 0.6) is 0 Å². The number of carbonyl (C=O) groups excluding carboxylic acids is 1. The van der Waals surface area contributed by atoms with Crippen molar-refractivity contribution in [2.24, 2.45) is 10.8 Å². The van der Waals surface area contributed by atoms with Crippen LogP contribution in [0.4, 0.5) is 13.6 Å². The summed E-state index contributed by atoms with van der Waals surface area (Å²) in [4.78, 5) is 11.5. The molecule has 142 valence electrons. The predicted molar refractivity (Wildman–Crippen MR) is 101 cm³/mol. The molecular weight excluding hydrogens is 372 g/mol. The summed E-state index contributed by atoms with van der Waals surface area (Å²) in [5.41, 5.74) is 6.49. The molecule has 0 spiro atoms. The van der Waals surface area contributed by atoms with Gasteiger partial charge in [-0.2, -0.15) is 10.1 Å². The number of hydrazone groups is 1. The van der Waals surface area contributed by atoms with Gasteiger partial charge in [-0.15, -0.1) is 0 Å². The molecule has 0 aromatic heterocycles. The average Bonchev–Trinajstić information content (AvgIpc) is 3.09. The molecule has 2 aromatic carbocycles. The van der Waals surface area contributed by atoms with Gasteiger partial charge in [0.1, 0.15) is 21.5 Å². The quantitative estimate of drug-likeness (QED) is 0.836. The molecule has 3 rings (SSSR count).